The van der Waals surface area contributed by atoms with E-state index in [-0.39, 0.29) is 10.7 Å². The predicted octanol–water partition coefficient (Wildman–Crippen LogP) is 3.85. The molecule has 1 saturated carbocycles. The molecule has 1 aliphatic rings. The SMILES string of the molecule is CCCCC[C@@]1(C)CC[C@H](OS(=O)(=O)c2ccc(F)cc2)C1=O. The monoisotopic (exact) mass is 342 g/mol. The summed E-state index contributed by atoms with van der Waals surface area (Å²) in [4.78, 5) is 12.4. The van der Waals surface area contributed by atoms with Gasteiger partial charge in [0.25, 0.3) is 10.1 Å². The average Bonchev–Trinajstić information content (AvgIpc) is 2.76. The summed E-state index contributed by atoms with van der Waals surface area (Å²) in [6.45, 7) is 3.98. The van der Waals surface area contributed by atoms with E-state index in [1.165, 1.54) is 0 Å². The van der Waals surface area contributed by atoms with Gasteiger partial charge in [0, 0.05) is 5.41 Å². The molecule has 0 saturated heterocycles. The largest absolute Gasteiger partial charge is 0.297 e. The van der Waals surface area contributed by atoms with Crippen molar-refractivity contribution in [1.29, 1.82) is 0 Å². The molecule has 1 aliphatic carbocycles. The third-order valence-corrected chi connectivity index (χ3v) is 5.86. The lowest BCUT2D eigenvalue weighted by Crippen LogP contribution is -2.31. The number of hydrogen-bond acceptors (Lipinski definition) is 4. The van der Waals surface area contributed by atoms with Crippen LogP contribution in [0.15, 0.2) is 29.2 Å². The van der Waals surface area contributed by atoms with Crippen LogP contribution in [-0.4, -0.2) is 20.3 Å². The number of ketones is 1. The van der Waals surface area contributed by atoms with Gasteiger partial charge in [0.1, 0.15) is 11.9 Å². The highest BCUT2D eigenvalue weighted by atomic mass is 32.2. The average molecular weight is 342 g/mol. The van der Waals surface area contributed by atoms with Crippen molar-refractivity contribution in [2.45, 2.75) is 63.4 Å². The number of benzene rings is 1. The summed E-state index contributed by atoms with van der Waals surface area (Å²) in [6.07, 6.45) is 3.95. The number of halogens is 1. The molecule has 128 valence electrons. The van der Waals surface area contributed by atoms with E-state index in [0.717, 1.165) is 49.9 Å². The highest BCUT2D eigenvalue weighted by Crippen LogP contribution is 2.41. The van der Waals surface area contributed by atoms with Crippen molar-refractivity contribution in [3.63, 3.8) is 0 Å². The van der Waals surface area contributed by atoms with Crippen molar-refractivity contribution in [1.82, 2.24) is 0 Å². The van der Waals surface area contributed by atoms with Gasteiger partial charge >= 0.3 is 0 Å². The van der Waals surface area contributed by atoms with Crippen LogP contribution in [-0.2, 0) is 19.1 Å². The Kier molecular flexibility index (Phi) is 5.57. The predicted molar refractivity (Wildman–Crippen MR) is 84.9 cm³/mol. The number of unbranched alkanes of at least 4 members (excludes halogenated alkanes) is 2. The van der Waals surface area contributed by atoms with Crippen LogP contribution in [0.3, 0.4) is 0 Å². The second kappa shape index (κ2) is 7.09. The van der Waals surface area contributed by atoms with Crippen molar-refractivity contribution in [3.05, 3.63) is 30.1 Å². The van der Waals surface area contributed by atoms with Crippen LogP contribution in [0.4, 0.5) is 4.39 Å². The quantitative estimate of drug-likeness (QED) is 0.558. The molecule has 0 spiro atoms. The van der Waals surface area contributed by atoms with Crippen molar-refractivity contribution >= 4 is 15.9 Å². The third kappa shape index (κ3) is 4.18. The maximum atomic E-state index is 12.9. The molecule has 0 unspecified atom stereocenters. The smallest absolute Gasteiger partial charge is 0.296 e. The molecule has 0 aliphatic heterocycles. The zero-order valence-electron chi connectivity index (χ0n) is 13.5. The standard InChI is InChI=1S/C17H23FO4S/c1-3-4-5-11-17(2)12-10-15(16(17)19)22-23(20,21)14-8-6-13(18)7-9-14/h6-9,15H,3-5,10-12H2,1-2H3/t15-,17-/m0/s1. The minimum absolute atomic E-state index is 0.133. The number of hydrogen-bond donors (Lipinski definition) is 0. The van der Waals surface area contributed by atoms with Gasteiger partial charge in [-0.15, -0.1) is 0 Å². The first-order valence-corrected chi connectivity index (χ1v) is 9.42. The molecule has 1 aromatic rings. The molecular formula is C17H23FO4S. The van der Waals surface area contributed by atoms with E-state index >= 15 is 0 Å². The molecule has 0 aromatic heterocycles. The fourth-order valence-electron chi connectivity index (χ4n) is 3.01. The number of carbonyl (C=O) groups excluding carboxylic acids is 1. The van der Waals surface area contributed by atoms with Crippen molar-refractivity contribution in [2.24, 2.45) is 5.41 Å². The molecule has 0 bridgehead atoms. The summed E-state index contributed by atoms with van der Waals surface area (Å²) < 4.78 is 42.5. The molecular weight excluding hydrogens is 319 g/mol. The van der Waals surface area contributed by atoms with E-state index in [2.05, 4.69) is 6.92 Å². The fraction of sp³-hybridized carbons (Fsp3) is 0.588. The third-order valence-electron chi connectivity index (χ3n) is 4.52. The van der Waals surface area contributed by atoms with Gasteiger partial charge in [-0.25, -0.2) is 4.39 Å². The molecule has 0 N–H and O–H groups in total. The van der Waals surface area contributed by atoms with Crippen LogP contribution < -0.4 is 0 Å². The lowest BCUT2D eigenvalue weighted by atomic mass is 9.82. The second-order valence-corrected chi connectivity index (χ2v) is 7.99. The van der Waals surface area contributed by atoms with E-state index in [4.69, 9.17) is 4.18 Å². The lowest BCUT2D eigenvalue weighted by molar-refractivity contribution is -0.130. The Balaban J connectivity index is 2.06. The van der Waals surface area contributed by atoms with Gasteiger partial charge in [-0.2, -0.15) is 8.42 Å². The zero-order valence-corrected chi connectivity index (χ0v) is 14.4. The first kappa shape index (κ1) is 18.1. The number of rotatable bonds is 7. The number of carbonyl (C=O) groups is 1. The molecule has 0 heterocycles. The Morgan fingerprint density at radius 2 is 1.91 bits per heavy atom. The first-order chi connectivity index (χ1) is 10.8. The maximum Gasteiger partial charge on any atom is 0.297 e. The molecule has 23 heavy (non-hydrogen) atoms. The maximum absolute atomic E-state index is 12.9. The Labute approximate surface area is 137 Å². The van der Waals surface area contributed by atoms with Gasteiger partial charge in [-0.05, 0) is 43.5 Å². The van der Waals surface area contributed by atoms with Gasteiger partial charge in [-0.1, -0.05) is 33.1 Å². The zero-order chi connectivity index (χ0) is 17.1. The Bertz CT molecular complexity index is 654. The van der Waals surface area contributed by atoms with E-state index in [0.29, 0.717) is 12.8 Å². The summed E-state index contributed by atoms with van der Waals surface area (Å²) in [5.74, 6) is -0.663. The molecule has 1 aromatic carbocycles. The van der Waals surface area contributed by atoms with Gasteiger partial charge < -0.3 is 0 Å². The van der Waals surface area contributed by atoms with Gasteiger partial charge in [0.05, 0.1) is 4.90 Å². The van der Waals surface area contributed by atoms with Crippen LogP contribution in [0.1, 0.15) is 52.4 Å². The molecule has 2 rings (SSSR count). The summed E-state index contributed by atoms with van der Waals surface area (Å²) in [5, 5.41) is 0. The topological polar surface area (TPSA) is 60.4 Å². The Morgan fingerprint density at radius 1 is 1.26 bits per heavy atom. The van der Waals surface area contributed by atoms with Gasteiger partial charge in [0.2, 0.25) is 0 Å². The summed E-state index contributed by atoms with van der Waals surface area (Å²) in [5.41, 5.74) is -0.502. The summed E-state index contributed by atoms with van der Waals surface area (Å²) in [6, 6.07) is 4.40. The van der Waals surface area contributed by atoms with Crippen molar-refractivity contribution in [2.75, 3.05) is 0 Å². The lowest BCUT2D eigenvalue weighted by Gasteiger charge is -2.22. The highest BCUT2D eigenvalue weighted by molar-refractivity contribution is 7.86. The Morgan fingerprint density at radius 3 is 2.52 bits per heavy atom. The van der Waals surface area contributed by atoms with Crippen LogP contribution in [0.25, 0.3) is 0 Å². The van der Waals surface area contributed by atoms with E-state index < -0.39 is 27.5 Å². The fourth-order valence-corrected chi connectivity index (χ4v) is 4.08. The Hall–Kier alpha value is -1.27. The van der Waals surface area contributed by atoms with Gasteiger partial charge in [0.15, 0.2) is 5.78 Å². The minimum Gasteiger partial charge on any atom is -0.296 e. The second-order valence-electron chi connectivity index (χ2n) is 6.41. The molecule has 4 nitrogen and oxygen atoms in total. The van der Waals surface area contributed by atoms with Crippen LogP contribution in [0.5, 0.6) is 0 Å². The van der Waals surface area contributed by atoms with Crippen molar-refractivity contribution < 1.29 is 21.8 Å². The summed E-state index contributed by atoms with van der Waals surface area (Å²) in [7, 11) is -4.06. The van der Waals surface area contributed by atoms with Crippen LogP contribution >= 0.6 is 0 Å². The molecule has 0 amide bonds. The first-order valence-electron chi connectivity index (χ1n) is 8.02. The molecule has 6 heteroatoms. The molecule has 2 atom stereocenters. The number of Topliss-reactive ketones (excluding diaryl/α,β-unsaturated/α-hetero) is 1. The van der Waals surface area contributed by atoms with E-state index in [1.807, 2.05) is 6.92 Å². The highest BCUT2D eigenvalue weighted by Gasteiger charge is 2.46. The van der Waals surface area contributed by atoms with Crippen LogP contribution in [0.2, 0.25) is 0 Å². The molecule has 1 fully saturated rings. The normalized spacial score (nSPS) is 25.0. The molecule has 0 radical (unpaired) electrons. The minimum atomic E-state index is -4.06. The van der Waals surface area contributed by atoms with Crippen molar-refractivity contribution in [3.8, 4) is 0 Å². The van der Waals surface area contributed by atoms with Crippen LogP contribution in [0, 0.1) is 11.2 Å². The van der Waals surface area contributed by atoms with E-state index in [9.17, 15) is 17.6 Å². The van der Waals surface area contributed by atoms with E-state index in [1.54, 1.807) is 0 Å². The summed E-state index contributed by atoms with van der Waals surface area (Å²) >= 11 is 0. The van der Waals surface area contributed by atoms with Gasteiger partial charge in [-0.3, -0.25) is 8.98 Å².